The van der Waals surface area contributed by atoms with Crippen LogP contribution in [0.3, 0.4) is 0 Å². The molecule has 3 rings (SSSR count). The molecule has 0 bridgehead atoms. The van der Waals surface area contributed by atoms with Crippen LogP contribution >= 0.6 is 0 Å². The fraction of sp³-hybridized carbons (Fsp3) is 0.350. The Bertz CT molecular complexity index is 927. The standard InChI is InChI=1S/C20H24N2O4S/c1-15-5-3-6-17(11-15)14-27(24,25)21-19-8-4-7-18(12-19)20(23)22-9-10-26-13-16(22)2/h3-8,11-12,16,21H,9-10,13-14H2,1-2H3. The van der Waals surface area contributed by atoms with E-state index in [9.17, 15) is 13.2 Å². The summed E-state index contributed by atoms with van der Waals surface area (Å²) in [4.78, 5) is 14.5. The lowest BCUT2D eigenvalue weighted by Crippen LogP contribution is -2.47. The lowest BCUT2D eigenvalue weighted by Gasteiger charge is -2.33. The van der Waals surface area contributed by atoms with E-state index in [1.165, 1.54) is 0 Å². The number of aryl methyl sites for hydroxylation is 1. The van der Waals surface area contributed by atoms with Gasteiger partial charge in [0.05, 0.1) is 25.0 Å². The Morgan fingerprint density at radius 2 is 2.00 bits per heavy atom. The number of sulfonamides is 1. The van der Waals surface area contributed by atoms with E-state index in [2.05, 4.69) is 4.72 Å². The Labute approximate surface area is 160 Å². The summed E-state index contributed by atoms with van der Waals surface area (Å²) in [5, 5.41) is 0. The number of carbonyl (C=O) groups is 1. The van der Waals surface area contributed by atoms with Gasteiger partial charge in [-0.3, -0.25) is 9.52 Å². The minimum absolute atomic E-state index is 0.00656. The molecule has 27 heavy (non-hydrogen) atoms. The van der Waals surface area contributed by atoms with Crippen LogP contribution in [-0.4, -0.2) is 45.0 Å². The van der Waals surface area contributed by atoms with Crippen molar-refractivity contribution < 1.29 is 17.9 Å². The van der Waals surface area contributed by atoms with Gasteiger partial charge >= 0.3 is 0 Å². The smallest absolute Gasteiger partial charge is 0.254 e. The summed E-state index contributed by atoms with van der Waals surface area (Å²) < 4.78 is 32.9. The second-order valence-electron chi connectivity index (χ2n) is 6.85. The number of morpholine rings is 1. The summed E-state index contributed by atoms with van der Waals surface area (Å²) in [6.07, 6.45) is 0. The van der Waals surface area contributed by atoms with Crippen molar-refractivity contribution in [1.82, 2.24) is 4.90 Å². The maximum Gasteiger partial charge on any atom is 0.254 e. The fourth-order valence-corrected chi connectivity index (χ4v) is 4.32. The molecule has 1 unspecified atom stereocenters. The third kappa shape index (κ3) is 5.08. The molecular weight excluding hydrogens is 364 g/mol. The van der Waals surface area contributed by atoms with Crippen molar-refractivity contribution in [2.45, 2.75) is 25.6 Å². The zero-order valence-corrected chi connectivity index (χ0v) is 16.3. The predicted octanol–water partition coefficient (Wildman–Crippen LogP) is 2.80. The van der Waals surface area contributed by atoms with Gasteiger partial charge in [-0.25, -0.2) is 8.42 Å². The summed E-state index contributed by atoms with van der Waals surface area (Å²) >= 11 is 0. The molecule has 1 aliphatic rings. The van der Waals surface area contributed by atoms with Crippen molar-refractivity contribution >= 4 is 21.6 Å². The number of amides is 1. The molecule has 2 aromatic carbocycles. The van der Waals surface area contributed by atoms with Crippen LogP contribution in [0.25, 0.3) is 0 Å². The molecule has 6 nitrogen and oxygen atoms in total. The molecular formula is C20H24N2O4S. The Balaban J connectivity index is 1.74. The van der Waals surface area contributed by atoms with Crippen molar-refractivity contribution in [1.29, 1.82) is 0 Å². The zero-order valence-electron chi connectivity index (χ0n) is 15.5. The summed E-state index contributed by atoms with van der Waals surface area (Å²) in [6, 6.07) is 14.0. The van der Waals surface area contributed by atoms with Crippen LogP contribution in [0.1, 0.15) is 28.4 Å². The third-order valence-corrected chi connectivity index (χ3v) is 5.71. The maximum absolute atomic E-state index is 12.7. The molecule has 2 aromatic rings. The first-order valence-electron chi connectivity index (χ1n) is 8.89. The van der Waals surface area contributed by atoms with Gasteiger partial charge in [0.15, 0.2) is 0 Å². The molecule has 1 N–H and O–H groups in total. The van der Waals surface area contributed by atoms with Gasteiger partial charge in [0.25, 0.3) is 5.91 Å². The third-order valence-electron chi connectivity index (χ3n) is 4.45. The van der Waals surface area contributed by atoms with E-state index >= 15 is 0 Å². The second-order valence-corrected chi connectivity index (χ2v) is 8.58. The van der Waals surface area contributed by atoms with Crippen LogP contribution in [-0.2, 0) is 20.5 Å². The van der Waals surface area contributed by atoms with Gasteiger partial charge in [-0.1, -0.05) is 35.9 Å². The maximum atomic E-state index is 12.7. The predicted molar refractivity (Wildman–Crippen MR) is 105 cm³/mol. The normalized spacial score (nSPS) is 17.6. The molecule has 1 aliphatic heterocycles. The van der Waals surface area contributed by atoms with Crippen LogP contribution in [0, 0.1) is 6.92 Å². The lowest BCUT2D eigenvalue weighted by molar-refractivity contribution is 0.00360. The second kappa shape index (κ2) is 8.10. The number of anilines is 1. The fourth-order valence-electron chi connectivity index (χ4n) is 3.15. The van der Waals surface area contributed by atoms with Crippen LogP contribution in [0.15, 0.2) is 48.5 Å². The molecule has 144 valence electrons. The Hall–Kier alpha value is -2.38. The molecule has 0 saturated carbocycles. The molecule has 0 radical (unpaired) electrons. The van der Waals surface area contributed by atoms with Crippen LogP contribution in [0.4, 0.5) is 5.69 Å². The highest BCUT2D eigenvalue weighted by atomic mass is 32.2. The number of benzene rings is 2. The number of rotatable bonds is 5. The first-order valence-corrected chi connectivity index (χ1v) is 10.5. The van der Waals surface area contributed by atoms with E-state index in [1.54, 1.807) is 35.2 Å². The molecule has 7 heteroatoms. The minimum atomic E-state index is -3.58. The highest BCUT2D eigenvalue weighted by molar-refractivity contribution is 7.91. The molecule has 1 atom stereocenters. The summed E-state index contributed by atoms with van der Waals surface area (Å²) in [5.41, 5.74) is 2.57. The van der Waals surface area contributed by atoms with Crippen molar-refractivity contribution in [3.05, 3.63) is 65.2 Å². The van der Waals surface area contributed by atoms with Crippen LogP contribution < -0.4 is 4.72 Å². The molecule has 1 saturated heterocycles. The van der Waals surface area contributed by atoms with Crippen molar-refractivity contribution in [3.8, 4) is 0 Å². The molecule has 1 heterocycles. The molecule has 1 fully saturated rings. The molecule has 1 amide bonds. The monoisotopic (exact) mass is 388 g/mol. The summed E-state index contributed by atoms with van der Waals surface area (Å²) in [7, 11) is -3.58. The highest BCUT2D eigenvalue weighted by Gasteiger charge is 2.25. The Morgan fingerprint density at radius 1 is 1.22 bits per heavy atom. The highest BCUT2D eigenvalue weighted by Crippen LogP contribution is 2.18. The number of hydrogen-bond acceptors (Lipinski definition) is 4. The average Bonchev–Trinajstić information content (AvgIpc) is 2.61. The quantitative estimate of drug-likeness (QED) is 0.855. The van der Waals surface area contributed by atoms with Gasteiger partial charge in [0.2, 0.25) is 10.0 Å². The first kappa shape index (κ1) is 19.4. The van der Waals surface area contributed by atoms with Crippen LogP contribution in [0.5, 0.6) is 0 Å². The molecule has 0 spiro atoms. The first-order chi connectivity index (χ1) is 12.8. The van der Waals surface area contributed by atoms with Gasteiger partial charge in [-0.15, -0.1) is 0 Å². The summed E-state index contributed by atoms with van der Waals surface area (Å²) in [5.74, 6) is -0.238. The van der Waals surface area contributed by atoms with E-state index in [-0.39, 0.29) is 17.7 Å². The lowest BCUT2D eigenvalue weighted by atomic mass is 10.1. The van der Waals surface area contributed by atoms with Gasteiger partial charge in [-0.2, -0.15) is 0 Å². The van der Waals surface area contributed by atoms with Crippen molar-refractivity contribution in [2.24, 2.45) is 0 Å². The van der Waals surface area contributed by atoms with Gasteiger partial charge in [0, 0.05) is 17.8 Å². The van der Waals surface area contributed by atoms with E-state index in [4.69, 9.17) is 4.74 Å². The zero-order chi connectivity index (χ0) is 19.4. The minimum Gasteiger partial charge on any atom is -0.377 e. The number of nitrogens with zero attached hydrogens (tertiary/aromatic N) is 1. The van der Waals surface area contributed by atoms with E-state index in [1.807, 2.05) is 32.0 Å². The van der Waals surface area contributed by atoms with Gasteiger partial charge in [-0.05, 0) is 37.6 Å². The molecule has 0 aliphatic carbocycles. The Kier molecular flexibility index (Phi) is 5.82. The average molecular weight is 388 g/mol. The van der Waals surface area contributed by atoms with E-state index in [0.29, 0.717) is 31.0 Å². The topological polar surface area (TPSA) is 75.7 Å². The summed E-state index contributed by atoms with van der Waals surface area (Å²) in [6.45, 7) is 5.41. The SMILES string of the molecule is Cc1cccc(CS(=O)(=O)Nc2cccc(C(=O)N3CCOCC3C)c2)c1. The number of nitrogens with one attached hydrogen (secondary N) is 1. The Morgan fingerprint density at radius 3 is 2.74 bits per heavy atom. The largest absolute Gasteiger partial charge is 0.377 e. The number of ether oxygens (including phenoxy) is 1. The van der Waals surface area contributed by atoms with E-state index in [0.717, 1.165) is 11.1 Å². The van der Waals surface area contributed by atoms with Crippen molar-refractivity contribution in [2.75, 3.05) is 24.5 Å². The van der Waals surface area contributed by atoms with Crippen LogP contribution in [0.2, 0.25) is 0 Å². The van der Waals surface area contributed by atoms with E-state index < -0.39 is 10.0 Å². The number of carbonyl (C=O) groups excluding carboxylic acids is 1. The van der Waals surface area contributed by atoms with Gasteiger partial charge < -0.3 is 9.64 Å². The number of hydrogen-bond donors (Lipinski definition) is 1. The van der Waals surface area contributed by atoms with Crippen molar-refractivity contribution in [3.63, 3.8) is 0 Å². The van der Waals surface area contributed by atoms with Gasteiger partial charge in [0.1, 0.15) is 0 Å². The molecule has 0 aromatic heterocycles.